The van der Waals surface area contributed by atoms with Gasteiger partial charge in [0.25, 0.3) is 0 Å². The standard InChI is InChI=1S/C12H11BrN2O/c1-9-10(6-7-16)8-15(14-9)12-4-2-11(13)3-5-12/h2-5,7-8H,6H2,1H3. The lowest BCUT2D eigenvalue weighted by molar-refractivity contribution is -0.107. The fourth-order valence-electron chi connectivity index (χ4n) is 1.51. The number of hydrogen-bond donors (Lipinski definition) is 0. The lowest BCUT2D eigenvalue weighted by atomic mass is 10.2. The molecule has 16 heavy (non-hydrogen) atoms. The molecule has 0 fully saturated rings. The predicted molar refractivity (Wildman–Crippen MR) is 65.8 cm³/mol. The van der Waals surface area contributed by atoms with Crippen LogP contribution in [0.1, 0.15) is 11.3 Å². The Labute approximate surface area is 102 Å². The van der Waals surface area contributed by atoms with Crippen LogP contribution in [0.3, 0.4) is 0 Å². The van der Waals surface area contributed by atoms with Gasteiger partial charge in [-0.1, -0.05) is 15.9 Å². The molecule has 1 aromatic heterocycles. The normalized spacial score (nSPS) is 10.4. The highest BCUT2D eigenvalue weighted by molar-refractivity contribution is 9.10. The maximum atomic E-state index is 10.5. The summed E-state index contributed by atoms with van der Waals surface area (Å²) in [6.45, 7) is 1.91. The first-order valence-corrected chi connectivity index (χ1v) is 5.74. The third kappa shape index (κ3) is 2.22. The van der Waals surface area contributed by atoms with E-state index in [0.717, 1.165) is 27.7 Å². The molecule has 0 aliphatic rings. The summed E-state index contributed by atoms with van der Waals surface area (Å²) in [5.74, 6) is 0. The summed E-state index contributed by atoms with van der Waals surface area (Å²) in [5.41, 5.74) is 2.86. The molecule has 1 heterocycles. The molecule has 1 aromatic carbocycles. The van der Waals surface area contributed by atoms with Crippen LogP contribution in [0, 0.1) is 6.92 Å². The number of nitrogens with zero attached hydrogens (tertiary/aromatic N) is 2. The highest BCUT2D eigenvalue weighted by Crippen LogP contribution is 2.15. The molecule has 0 N–H and O–H groups in total. The smallest absolute Gasteiger partial charge is 0.124 e. The number of halogens is 1. The van der Waals surface area contributed by atoms with Gasteiger partial charge in [-0.2, -0.15) is 5.10 Å². The van der Waals surface area contributed by atoms with Crippen molar-refractivity contribution in [2.24, 2.45) is 0 Å². The average molecular weight is 279 g/mol. The monoisotopic (exact) mass is 278 g/mol. The molecule has 2 rings (SSSR count). The molecule has 2 aromatic rings. The van der Waals surface area contributed by atoms with Crippen LogP contribution in [0.4, 0.5) is 0 Å². The summed E-state index contributed by atoms with van der Waals surface area (Å²) in [6, 6.07) is 7.87. The number of aldehydes is 1. The van der Waals surface area contributed by atoms with E-state index in [2.05, 4.69) is 21.0 Å². The third-order valence-electron chi connectivity index (χ3n) is 2.39. The lowest BCUT2D eigenvalue weighted by Gasteiger charge is -2.00. The number of hydrogen-bond acceptors (Lipinski definition) is 2. The molecule has 0 unspecified atom stereocenters. The topological polar surface area (TPSA) is 34.9 Å². The molecule has 0 radical (unpaired) electrons. The van der Waals surface area contributed by atoms with Crippen molar-refractivity contribution in [3.63, 3.8) is 0 Å². The number of aromatic nitrogens is 2. The van der Waals surface area contributed by atoms with Crippen molar-refractivity contribution in [1.29, 1.82) is 0 Å². The van der Waals surface area contributed by atoms with Crippen molar-refractivity contribution in [1.82, 2.24) is 9.78 Å². The molecule has 0 spiro atoms. The number of aryl methyl sites for hydroxylation is 1. The maximum absolute atomic E-state index is 10.5. The Morgan fingerprint density at radius 3 is 2.69 bits per heavy atom. The SMILES string of the molecule is Cc1nn(-c2ccc(Br)cc2)cc1CC=O. The minimum atomic E-state index is 0.419. The largest absolute Gasteiger partial charge is 0.303 e. The van der Waals surface area contributed by atoms with Gasteiger partial charge >= 0.3 is 0 Å². The Kier molecular flexibility index (Phi) is 3.19. The van der Waals surface area contributed by atoms with Gasteiger partial charge in [-0.3, -0.25) is 0 Å². The van der Waals surface area contributed by atoms with Crippen LogP contribution >= 0.6 is 15.9 Å². The van der Waals surface area contributed by atoms with E-state index in [1.807, 2.05) is 37.4 Å². The van der Waals surface area contributed by atoms with Gasteiger partial charge in [-0.25, -0.2) is 4.68 Å². The highest BCUT2D eigenvalue weighted by Gasteiger charge is 2.05. The molecule has 0 amide bonds. The molecule has 0 atom stereocenters. The van der Waals surface area contributed by atoms with Gasteiger partial charge in [0.15, 0.2) is 0 Å². The van der Waals surface area contributed by atoms with Gasteiger partial charge in [0, 0.05) is 22.7 Å². The first-order chi connectivity index (χ1) is 7.70. The number of carbonyl (C=O) groups is 1. The summed E-state index contributed by atoms with van der Waals surface area (Å²) in [6.07, 6.45) is 3.21. The molecule has 82 valence electrons. The van der Waals surface area contributed by atoms with E-state index in [1.54, 1.807) is 4.68 Å². The molecular formula is C12H11BrN2O. The molecule has 0 saturated carbocycles. The molecular weight excluding hydrogens is 268 g/mol. The highest BCUT2D eigenvalue weighted by atomic mass is 79.9. The van der Waals surface area contributed by atoms with E-state index >= 15 is 0 Å². The average Bonchev–Trinajstić information content (AvgIpc) is 2.62. The van der Waals surface area contributed by atoms with E-state index in [9.17, 15) is 4.79 Å². The molecule has 4 heteroatoms. The van der Waals surface area contributed by atoms with E-state index in [0.29, 0.717) is 6.42 Å². The minimum absolute atomic E-state index is 0.419. The molecule has 0 saturated heterocycles. The Bertz CT molecular complexity index is 502. The number of carbonyl (C=O) groups excluding carboxylic acids is 1. The fraction of sp³-hybridized carbons (Fsp3) is 0.167. The first kappa shape index (κ1) is 11.1. The van der Waals surface area contributed by atoms with Gasteiger partial charge in [0.1, 0.15) is 6.29 Å². The Balaban J connectivity index is 2.37. The Morgan fingerprint density at radius 1 is 1.38 bits per heavy atom. The van der Waals surface area contributed by atoms with Gasteiger partial charge in [0.05, 0.1) is 11.4 Å². The van der Waals surface area contributed by atoms with Gasteiger partial charge in [0.2, 0.25) is 0 Å². The molecule has 0 aliphatic carbocycles. The van der Waals surface area contributed by atoms with Crippen LogP contribution < -0.4 is 0 Å². The van der Waals surface area contributed by atoms with Crippen LogP contribution in [-0.4, -0.2) is 16.1 Å². The zero-order chi connectivity index (χ0) is 11.5. The van der Waals surface area contributed by atoms with Gasteiger partial charge < -0.3 is 4.79 Å². The van der Waals surface area contributed by atoms with Crippen molar-refractivity contribution in [2.75, 3.05) is 0 Å². The summed E-state index contributed by atoms with van der Waals surface area (Å²) in [5, 5.41) is 4.37. The van der Waals surface area contributed by atoms with Gasteiger partial charge in [-0.15, -0.1) is 0 Å². The van der Waals surface area contributed by atoms with E-state index in [4.69, 9.17) is 0 Å². The number of benzene rings is 1. The predicted octanol–water partition coefficient (Wildman–Crippen LogP) is 2.68. The molecule has 0 bridgehead atoms. The second kappa shape index (κ2) is 4.61. The first-order valence-electron chi connectivity index (χ1n) is 4.95. The van der Waals surface area contributed by atoms with Crippen molar-refractivity contribution < 1.29 is 4.79 Å². The van der Waals surface area contributed by atoms with Crippen molar-refractivity contribution in [3.05, 3.63) is 46.2 Å². The van der Waals surface area contributed by atoms with Crippen LogP contribution in [0.5, 0.6) is 0 Å². The summed E-state index contributed by atoms with van der Waals surface area (Å²) in [4.78, 5) is 10.5. The van der Waals surface area contributed by atoms with E-state index < -0.39 is 0 Å². The second-order valence-electron chi connectivity index (χ2n) is 3.53. The second-order valence-corrected chi connectivity index (χ2v) is 4.45. The quantitative estimate of drug-likeness (QED) is 0.810. The van der Waals surface area contributed by atoms with Crippen molar-refractivity contribution in [3.8, 4) is 5.69 Å². The Morgan fingerprint density at radius 2 is 2.06 bits per heavy atom. The third-order valence-corrected chi connectivity index (χ3v) is 2.92. The maximum Gasteiger partial charge on any atom is 0.124 e. The van der Waals surface area contributed by atoms with Crippen LogP contribution in [0.25, 0.3) is 5.69 Å². The van der Waals surface area contributed by atoms with Gasteiger partial charge in [-0.05, 0) is 31.2 Å². The molecule has 0 aliphatic heterocycles. The van der Waals surface area contributed by atoms with Crippen molar-refractivity contribution >= 4 is 22.2 Å². The summed E-state index contributed by atoms with van der Waals surface area (Å²) < 4.78 is 2.83. The number of rotatable bonds is 3. The zero-order valence-electron chi connectivity index (χ0n) is 8.85. The minimum Gasteiger partial charge on any atom is -0.303 e. The van der Waals surface area contributed by atoms with Crippen LogP contribution in [-0.2, 0) is 11.2 Å². The van der Waals surface area contributed by atoms with Crippen molar-refractivity contribution in [2.45, 2.75) is 13.3 Å². The summed E-state index contributed by atoms with van der Waals surface area (Å²) in [7, 11) is 0. The molecule has 3 nitrogen and oxygen atoms in total. The summed E-state index contributed by atoms with van der Waals surface area (Å²) >= 11 is 3.39. The van der Waals surface area contributed by atoms with Crippen LogP contribution in [0.2, 0.25) is 0 Å². The Hall–Kier alpha value is -1.42. The zero-order valence-corrected chi connectivity index (χ0v) is 10.4. The van der Waals surface area contributed by atoms with Crippen LogP contribution in [0.15, 0.2) is 34.9 Å². The lowest BCUT2D eigenvalue weighted by Crippen LogP contribution is -1.93. The fourth-order valence-corrected chi connectivity index (χ4v) is 1.78. The van der Waals surface area contributed by atoms with E-state index in [-0.39, 0.29) is 0 Å². The van der Waals surface area contributed by atoms with E-state index in [1.165, 1.54) is 0 Å².